The number of pyridine rings is 1. The van der Waals surface area contributed by atoms with Gasteiger partial charge in [-0.2, -0.15) is 0 Å². The number of hydrogen-bond donors (Lipinski definition) is 2. The van der Waals surface area contributed by atoms with E-state index >= 15 is 0 Å². The number of carbonyl (C=O) groups is 1. The van der Waals surface area contributed by atoms with Gasteiger partial charge in [-0.05, 0) is 18.2 Å². The number of hydrogen-bond acceptors (Lipinski definition) is 7. The number of aryl methyl sites for hydroxylation is 1. The molecular weight excluding hydrogens is 396 g/mol. The smallest absolute Gasteiger partial charge is 0.222 e. The summed E-state index contributed by atoms with van der Waals surface area (Å²) in [6.45, 7) is 7.63. The number of rotatable bonds is 5. The van der Waals surface area contributed by atoms with Crippen LogP contribution >= 0.6 is 0 Å². The Balaban J connectivity index is 1.57. The van der Waals surface area contributed by atoms with Crippen LogP contribution in [0.2, 0.25) is 0 Å². The maximum absolute atomic E-state index is 11.2. The molecule has 3 heterocycles. The first-order valence-electron chi connectivity index (χ1n) is 9.81. The minimum atomic E-state index is -0.192. The highest BCUT2D eigenvalue weighted by atomic mass is 16.5. The second-order valence-corrected chi connectivity index (χ2v) is 8.26. The highest BCUT2D eigenvalue weighted by Crippen LogP contribution is 2.30. The Hall–Kier alpha value is -3.88. The summed E-state index contributed by atoms with van der Waals surface area (Å²) < 4.78 is 13.3. The Labute approximate surface area is 179 Å². The highest BCUT2D eigenvalue weighted by molar-refractivity contribution is 5.87. The van der Waals surface area contributed by atoms with E-state index < -0.39 is 0 Å². The lowest BCUT2D eigenvalue weighted by Crippen LogP contribution is -2.09. The summed E-state index contributed by atoms with van der Waals surface area (Å²) in [5.74, 6) is 3.47. The fraction of sp³-hybridized carbons (Fsp3) is 0.273. The van der Waals surface area contributed by atoms with Crippen LogP contribution in [0.5, 0.6) is 11.5 Å². The summed E-state index contributed by atoms with van der Waals surface area (Å²) in [5, 5.41) is 9.94. The van der Waals surface area contributed by atoms with E-state index in [-0.39, 0.29) is 11.3 Å². The lowest BCUT2D eigenvalue weighted by atomic mass is 9.93. The zero-order chi connectivity index (χ0) is 22.2. The number of amides is 1. The molecule has 4 rings (SSSR count). The first-order valence-corrected chi connectivity index (χ1v) is 9.81. The number of nitrogens with zero attached hydrogens (tertiary/aromatic N) is 4. The molecule has 0 unspecified atom stereocenters. The van der Waals surface area contributed by atoms with E-state index in [1.54, 1.807) is 18.3 Å². The number of aromatic nitrogens is 4. The Bertz CT molecular complexity index is 1250. The summed E-state index contributed by atoms with van der Waals surface area (Å²) in [6, 6.07) is 10.9. The highest BCUT2D eigenvalue weighted by Gasteiger charge is 2.20. The largest absolute Gasteiger partial charge is 0.457 e. The monoisotopic (exact) mass is 420 g/mol. The van der Waals surface area contributed by atoms with Gasteiger partial charge in [0.15, 0.2) is 5.82 Å². The molecule has 3 aromatic heterocycles. The summed E-state index contributed by atoms with van der Waals surface area (Å²) in [6.07, 6.45) is 1.58. The van der Waals surface area contributed by atoms with Gasteiger partial charge in [0.2, 0.25) is 11.9 Å². The SMILES string of the molecule is CC(=O)Nc1cc(Oc2ccc3nc(Nc4cc(C(C)(C)C)on4)n(C)c3c2)ccn1. The van der Waals surface area contributed by atoms with Crippen molar-refractivity contribution >= 4 is 34.5 Å². The Morgan fingerprint density at radius 2 is 1.87 bits per heavy atom. The first kappa shape index (κ1) is 20.4. The summed E-state index contributed by atoms with van der Waals surface area (Å²) in [4.78, 5) is 20.0. The van der Waals surface area contributed by atoms with Crippen LogP contribution in [0.15, 0.2) is 47.1 Å². The molecule has 0 aliphatic rings. The van der Waals surface area contributed by atoms with E-state index in [9.17, 15) is 4.79 Å². The number of carbonyl (C=O) groups excluding carboxylic acids is 1. The van der Waals surface area contributed by atoms with Gasteiger partial charge in [-0.15, -0.1) is 0 Å². The summed E-state index contributed by atoms with van der Waals surface area (Å²) in [5.41, 5.74) is 1.57. The van der Waals surface area contributed by atoms with Gasteiger partial charge in [0.25, 0.3) is 0 Å². The quantitative estimate of drug-likeness (QED) is 0.480. The summed E-state index contributed by atoms with van der Waals surface area (Å²) in [7, 11) is 1.91. The molecule has 9 heteroatoms. The van der Waals surface area contributed by atoms with Crippen molar-refractivity contribution in [2.45, 2.75) is 33.1 Å². The lowest BCUT2D eigenvalue weighted by Gasteiger charge is -2.12. The lowest BCUT2D eigenvalue weighted by molar-refractivity contribution is -0.114. The number of ether oxygens (including phenoxy) is 1. The predicted molar refractivity (Wildman–Crippen MR) is 118 cm³/mol. The van der Waals surface area contributed by atoms with Gasteiger partial charge in [-0.3, -0.25) is 4.79 Å². The first-order chi connectivity index (χ1) is 14.7. The normalized spacial score (nSPS) is 11.5. The molecule has 4 aromatic rings. The van der Waals surface area contributed by atoms with Crippen molar-refractivity contribution in [3.05, 3.63) is 48.4 Å². The molecule has 0 aliphatic heterocycles. The number of imidazole rings is 1. The second kappa shape index (κ2) is 7.75. The van der Waals surface area contributed by atoms with Crippen molar-refractivity contribution < 1.29 is 14.1 Å². The molecule has 0 atom stereocenters. The fourth-order valence-electron chi connectivity index (χ4n) is 3.01. The van der Waals surface area contributed by atoms with E-state index in [2.05, 4.69) is 46.5 Å². The molecule has 2 N–H and O–H groups in total. The molecule has 160 valence electrons. The molecule has 0 saturated heterocycles. The zero-order valence-electron chi connectivity index (χ0n) is 18.1. The summed E-state index contributed by atoms with van der Waals surface area (Å²) >= 11 is 0. The van der Waals surface area contributed by atoms with E-state index in [1.165, 1.54) is 6.92 Å². The molecule has 0 bridgehead atoms. The molecule has 1 aromatic carbocycles. The van der Waals surface area contributed by atoms with Gasteiger partial charge in [-0.1, -0.05) is 25.9 Å². The topological polar surface area (TPSA) is 107 Å². The zero-order valence-corrected chi connectivity index (χ0v) is 18.1. The van der Waals surface area contributed by atoms with Crippen LogP contribution < -0.4 is 15.4 Å². The molecule has 0 fully saturated rings. The molecule has 0 saturated carbocycles. The molecule has 9 nitrogen and oxygen atoms in total. The van der Waals surface area contributed by atoms with Gasteiger partial charge in [0, 0.05) is 43.8 Å². The van der Waals surface area contributed by atoms with Gasteiger partial charge < -0.3 is 24.5 Å². The van der Waals surface area contributed by atoms with E-state index in [0.29, 0.717) is 29.1 Å². The van der Waals surface area contributed by atoms with Gasteiger partial charge in [0.1, 0.15) is 23.1 Å². The number of nitrogens with one attached hydrogen (secondary N) is 2. The fourth-order valence-corrected chi connectivity index (χ4v) is 3.01. The van der Waals surface area contributed by atoms with Crippen LogP contribution in [0.3, 0.4) is 0 Å². The maximum atomic E-state index is 11.2. The molecule has 1 amide bonds. The predicted octanol–water partition coefficient (Wildman–Crippen LogP) is 4.75. The number of fused-ring (bicyclic) bond motifs is 1. The molecule has 0 spiro atoms. The van der Waals surface area contributed by atoms with Crippen molar-refractivity contribution in [3.8, 4) is 11.5 Å². The average Bonchev–Trinajstić information content (AvgIpc) is 3.28. The Morgan fingerprint density at radius 1 is 1.10 bits per heavy atom. The maximum Gasteiger partial charge on any atom is 0.222 e. The molecule has 0 aliphatic carbocycles. The van der Waals surface area contributed by atoms with Crippen molar-refractivity contribution in [3.63, 3.8) is 0 Å². The van der Waals surface area contributed by atoms with E-state index in [0.717, 1.165) is 16.8 Å². The molecule has 0 radical (unpaired) electrons. The van der Waals surface area contributed by atoms with Crippen LogP contribution in [-0.4, -0.2) is 25.6 Å². The standard InChI is InChI=1S/C22H24N6O3/c1-13(29)24-19-11-15(8-9-23-19)30-14-6-7-16-17(10-14)28(5)21(25-16)26-20-12-18(31-27-20)22(2,3)4/h6-12H,1-5H3,(H,23,24,29)(H,25,26,27). The van der Waals surface area contributed by atoms with Crippen molar-refractivity contribution in [2.24, 2.45) is 7.05 Å². The third-order valence-electron chi connectivity index (χ3n) is 4.61. The Kier molecular flexibility index (Phi) is 5.10. The third-order valence-corrected chi connectivity index (χ3v) is 4.61. The van der Waals surface area contributed by atoms with Crippen LogP contribution in [-0.2, 0) is 17.3 Å². The van der Waals surface area contributed by atoms with E-state index in [4.69, 9.17) is 9.26 Å². The van der Waals surface area contributed by atoms with E-state index in [1.807, 2.05) is 35.9 Å². The molecule has 31 heavy (non-hydrogen) atoms. The van der Waals surface area contributed by atoms with Crippen LogP contribution in [0.4, 0.5) is 17.6 Å². The minimum absolute atomic E-state index is 0.127. The van der Waals surface area contributed by atoms with Crippen LogP contribution in [0.25, 0.3) is 11.0 Å². The van der Waals surface area contributed by atoms with Crippen molar-refractivity contribution in [1.82, 2.24) is 19.7 Å². The van der Waals surface area contributed by atoms with Crippen molar-refractivity contribution in [2.75, 3.05) is 10.6 Å². The number of benzene rings is 1. The van der Waals surface area contributed by atoms with Crippen molar-refractivity contribution in [1.29, 1.82) is 0 Å². The number of anilines is 3. The third kappa shape index (κ3) is 4.50. The average molecular weight is 420 g/mol. The molecular formula is C22H24N6O3. The van der Waals surface area contributed by atoms with Gasteiger partial charge >= 0.3 is 0 Å². The Morgan fingerprint density at radius 3 is 2.58 bits per heavy atom. The second-order valence-electron chi connectivity index (χ2n) is 8.26. The minimum Gasteiger partial charge on any atom is -0.457 e. The van der Waals surface area contributed by atoms with Gasteiger partial charge in [-0.25, -0.2) is 9.97 Å². The van der Waals surface area contributed by atoms with Crippen LogP contribution in [0, 0.1) is 0 Å². The van der Waals surface area contributed by atoms with Gasteiger partial charge in [0.05, 0.1) is 11.0 Å². The van der Waals surface area contributed by atoms with Crippen LogP contribution in [0.1, 0.15) is 33.5 Å².